The van der Waals surface area contributed by atoms with E-state index in [1.807, 2.05) is 25.7 Å². The van der Waals surface area contributed by atoms with Crippen molar-refractivity contribution < 1.29 is 0 Å². The van der Waals surface area contributed by atoms with Crippen LogP contribution in [0.15, 0.2) is 33.2 Å². The Hall–Kier alpha value is -0.650. The Balaban J connectivity index is 2.27. The smallest absolute Gasteiger partial charge is 0.0738 e. The van der Waals surface area contributed by atoms with E-state index >= 15 is 0 Å². The number of likely N-dealkylation sites (N-methyl/N-ethyl adjacent to an activating group) is 1. The van der Waals surface area contributed by atoms with Crippen LogP contribution in [-0.4, -0.2) is 23.4 Å². The van der Waals surface area contributed by atoms with Crippen LogP contribution < -0.4 is 5.32 Å². The molecule has 0 aliphatic heterocycles. The molecular formula is C15H19Br2N3. The van der Waals surface area contributed by atoms with Crippen LogP contribution in [0.25, 0.3) is 0 Å². The van der Waals surface area contributed by atoms with Crippen molar-refractivity contribution >= 4 is 31.9 Å². The fourth-order valence-corrected chi connectivity index (χ4v) is 3.19. The normalized spacial score (nSPS) is 12.7. The molecule has 0 amide bonds. The first kappa shape index (κ1) is 15.7. The van der Waals surface area contributed by atoms with Gasteiger partial charge in [0.1, 0.15) is 0 Å². The molecule has 20 heavy (non-hydrogen) atoms. The van der Waals surface area contributed by atoms with Gasteiger partial charge in [0, 0.05) is 24.0 Å². The third-order valence-electron chi connectivity index (χ3n) is 3.49. The first-order chi connectivity index (χ1) is 9.52. The Labute approximate surface area is 137 Å². The highest BCUT2D eigenvalue weighted by atomic mass is 79.9. The molecule has 1 N–H and O–H groups in total. The SMILES string of the molecule is CNCC(Cc1c(Br)c(C)nn1C)c1ccc(Br)cc1. The number of halogens is 2. The van der Waals surface area contributed by atoms with Crippen molar-refractivity contribution in [2.24, 2.45) is 7.05 Å². The summed E-state index contributed by atoms with van der Waals surface area (Å²) in [7, 11) is 4.00. The molecule has 1 atom stereocenters. The molecule has 108 valence electrons. The van der Waals surface area contributed by atoms with Gasteiger partial charge in [0.15, 0.2) is 0 Å². The van der Waals surface area contributed by atoms with Gasteiger partial charge in [0.05, 0.1) is 15.9 Å². The second kappa shape index (κ2) is 6.87. The second-order valence-electron chi connectivity index (χ2n) is 4.98. The molecule has 0 spiro atoms. The molecule has 1 aromatic carbocycles. The Morgan fingerprint density at radius 2 is 1.90 bits per heavy atom. The van der Waals surface area contributed by atoms with Crippen molar-refractivity contribution in [3.63, 3.8) is 0 Å². The second-order valence-corrected chi connectivity index (χ2v) is 6.69. The molecule has 0 aliphatic rings. The maximum Gasteiger partial charge on any atom is 0.0738 e. The van der Waals surface area contributed by atoms with Crippen LogP contribution in [0, 0.1) is 6.92 Å². The fourth-order valence-electron chi connectivity index (χ4n) is 2.42. The summed E-state index contributed by atoms with van der Waals surface area (Å²) in [6, 6.07) is 8.56. The maximum atomic E-state index is 4.47. The third kappa shape index (κ3) is 3.51. The summed E-state index contributed by atoms with van der Waals surface area (Å²) >= 11 is 7.14. The van der Waals surface area contributed by atoms with Gasteiger partial charge in [-0.2, -0.15) is 5.10 Å². The zero-order valence-corrected chi connectivity index (χ0v) is 15.1. The first-order valence-electron chi connectivity index (χ1n) is 6.61. The maximum absolute atomic E-state index is 4.47. The van der Waals surface area contributed by atoms with Crippen LogP contribution in [-0.2, 0) is 13.5 Å². The van der Waals surface area contributed by atoms with Gasteiger partial charge in [-0.25, -0.2) is 0 Å². The summed E-state index contributed by atoms with van der Waals surface area (Å²) in [6.45, 7) is 2.97. The van der Waals surface area contributed by atoms with E-state index in [2.05, 4.69) is 66.5 Å². The van der Waals surface area contributed by atoms with Crippen molar-refractivity contribution in [1.82, 2.24) is 15.1 Å². The van der Waals surface area contributed by atoms with Crippen molar-refractivity contribution in [2.75, 3.05) is 13.6 Å². The predicted octanol–water partition coefficient (Wildman–Crippen LogP) is 3.80. The molecule has 0 aliphatic carbocycles. The molecule has 2 aromatic rings. The van der Waals surface area contributed by atoms with Gasteiger partial charge in [-0.3, -0.25) is 4.68 Å². The van der Waals surface area contributed by atoms with Gasteiger partial charge >= 0.3 is 0 Å². The van der Waals surface area contributed by atoms with Crippen molar-refractivity contribution in [3.8, 4) is 0 Å². The standard InChI is InChI=1S/C15H19Br2N3/c1-10-15(17)14(20(3)19-10)8-12(9-18-2)11-4-6-13(16)7-5-11/h4-7,12,18H,8-9H2,1-3H3. The lowest BCUT2D eigenvalue weighted by Gasteiger charge is -2.17. The Kier molecular flexibility index (Phi) is 5.41. The van der Waals surface area contributed by atoms with Crippen LogP contribution >= 0.6 is 31.9 Å². The van der Waals surface area contributed by atoms with Crippen LogP contribution in [0.5, 0.6) is 0 Å². The molecule has 2 rings (SSSR count). The lowest BCUT2D eigenvalue weighted by Crippen LogP contribution is -2.20. The van der Waals surface area contributed by atoms with E-state index in [1.54, 1.807) is 0 Å². The zero-order chi connectivity index (χ0) is 14.7. The molecular weight excluding hydrogens is 382 g/mol. The van der Waals surface area contributed by atoms with Gasteiger partial charge < -0.3 is 5.32 Å². The molecule has 0 fully saturated rings. The average Bonchev–Trinajstić information content (AvgIpc) is 2.65. The van der Waals surface area contributed by atoms with Gasteiger partial charge in [-0.1, -0.05) is 28.1 Å². The summed E-state index contributed by atoms with van der Waals surface area (Å²) < 4.78 is 4.21. The third-order valence-corrected chi connectivity index (χ3v) is 5.05. The van der Waals surface area contributed by atoms with Crippen LogP contribution in [0.1, 0.15) is 22.9 Å². The summed E-state index contributed by atoms with van der Waals surface area (Å²) in [5.41, 5.74) is 3.63. The number of benzene rings is 1. The van der Waals surface area contributed by atoms with Crippen molar-refractivity contribution in [2.45, 2.75) is 19.3 Å². The minimum Gasteiger partial charge on any atom is -0.319 e. The number of hydrogen-bond acceptors (Lipinski definition) is 2. The predicted molar refractivity (Wildman–Crippen MR) is 90.2 cm³/mol. The van der Waals surface area contributed by atoms with Gasteiger partial charge in [-0.15, -0.1) is 0 Å². The molecule has 0 saturated carbocycles. The summed E-state index contributed by atoms with van der Waals surface area (Å²) in [5.74, 6) is 0.430. The zero-order valence-electron chi connectivity index (χ0n) is 12.0. The molecule has 5 heteroatoms. The first-order valence-corrected chi connectivity index (χ1v) is 8.19. The molecule has 1 unspecified atom stereocenters. The van der Waals surface area contributed by atoms with E-state index in [1.165, 1.54) is 11.3 Å². The van der Waals surface area contributed by atoms with Crippen molar-refractivity contribution in [1.29, 1.82) is 0 Å². The van der Waals surface area contributed by atoms with E-state index in [0.717, 1.165) is 27.6 Å². The molecule has 0 saturated heterocycles. The van der Waals surface area contributed by atoms with Crippen molar-refractivity contribution in [3.05, 3.63) is 50.2 Å². The summed E-state index contributed by atoms with van der Waals surface area (Å²) in [4.78, 5) is 0. The highest BCUT2D eigenvalue weighted by molar-refractivity contribution is 9.10. The molecule has 0 bridgehead atoms. The summed E-state index contributed by atoms with van der Waals surface area (Å²) in [6.07, 6.45) is 0.959. The molecule has 1 aromatic heterocycles. The molecule has 0 radical (unpaired) electrons. The summed E-state index contributed by atoms with van der Waals surface area (Å²) in [5, 5.41) is 7.76. The quantitative estimate of drug-likeness (QED) is 0.827. The fraction of sp³-hybridized carbons (Fsp3) is 0.400. The number of aryl methyl sites for hydroxylation is 2. The Bertz CT molecular complexity index is 576. The Morgan fingerprint density at radius 3 is 2.40 bits per heavy atom. The van der Waals surface area contributed by atoms with E-state index in [-0.39, 0.29) is 0 Å². The highest BCUT2D eigenvalue weighted by Gasteiger charge is 2.18. The van der Waals surface area contributed by atoms with E-state index in [4.69, 9.17) is 0 Å². The van der Waals surface area contributed by atoms with Gasteiger partial charge in [-0.05, 0) is 54.0 Å². The number of nitrogens with one attached hydrogen (secondary N) is 1. The van der Waals surface area contributed by atoms with E-state index in [0.29, 0.717) is 5.92 Å². The van der Waals surface area contributed by atoms with E-state index in [9.17, 15) is 0 Å². The Morgan fingerprint density at radius 1 is 1.25 bits per heavy atom. The lowest BCUT2D eigenvalue weighted by molar-refractivity contribution is 0.590. The van der Waals surface area contributed by atoms with Crippen LogP contribution in [0.2, 0.25) is 0 Å². The average molecular weight is 401 g/mol. The number of hydrogen-bond donors (Lipinski definition) is 1. The van der Waals surface area contributed by atoms with Gasteiger partial charge in [0.2, 0.25) is 0 Å². The topological polar surface area (TPSA) is 29.9 Å². The number of aromatic nitrogens is 2. The highest BCUT2D eigenvalue weighted by Crippen LogP contribution is 2.27. The van der Waals surface area contributed by atoms with Gasteiger partial charge in [0.25, 0.3) is 0 Å². The lowest BCUT2D eigenvalue weighted by atomic mass is 9.94. The molecule has 1 heterocycles. The minimum absolute atomic E-state index is 0.430. The number of rotatable bonds is 5. The van der Waals surface area contributed by atoms with Crippen LogP contribution in [0.3, 0.4) is 0 Å². The van der Waals surface area contributed by atoms with E-state index < -0.39 is 0 Å². The minimum atomic E-state index is 0.430. The number of nitrogens with zero attached hydrogens (tertiary/aromatic N) is 2. The monoisotopic (exact) mass is 399 g/mol. The molecule has 3 nitrogen and oxygen atoms in total. The largest absolute Gasteiger partial charge is 0.319 e. The van der Waals surface area contributed by atoms with Crippen LogP contribution in [0.4, 0.5) is 0 Å².